The van der Waals surface area contributed by atoms with Gasteiger partial charge in [-0.2, -0.15) is 0 Å². The first kappa shape index (κ1) is 19.7. The van der Waals surface area contributed by atoms with Crippen LogP contribution in [0.25, 0.3) is 21.5 Å². The molecule has 1 amide bonds. The van der Waals surface area contributed by atoms with Crippen molar-refractivity contribution in [3.8, 4) is 11.3 Å². The zero-order chi connectivity index (χ0) is 20.5. The molecule has 2 aromatic carbocycles. The maximum Gasteiger partial charge on any atom is 0.258 e. The summed E-state index contributed by atoms with van der Waals surface area (Å²) in [6.45, 7) is 4.04. The lowest BCUT2D eigenvalue weighted by molar-refractivity contribution is -0.129. The molecule has 29 heavy (non-hydrogen) atoms. The van der Waals surface area contributed by atoms with E-state index in [9.17, 15) is 15.0 Å². The van der Waals surface area contributed by atoms with Gasteiger partial charge in [0.1, 0.15) is 11.1 Å². The molecule has 0 aliphatic heterocycles. The van der Waals surface area contributed by atoms with Gasteiger partial charge in [0, 0.05) is 10.9 Å². The number of fused-ring (bicyclic) bond motifs is 1. The Morgan fingerprint density at radius 2 is 1.90 bits per heavy atom. The largest absolute Gasteiger partial charge is 0.383 e. The molecule has 2 atom stereocenters. The minimum atomic E-state index is -1.65. The second-order valence-corrected chi connectivity index (χ2v) is 8.68. The molecule has 0 aliphatic carbocycles. The molecule has 8 heteroatoms. The van der Waals surface area contributed by atoms with Crippen molar-refractivity contribution in [2.45, 2.75) is 26.1 Å². The first-order chi connectivity index (χ1) is 13.9. The molecule has 4 rings (SSSR count). The van der Waals surface area contributed by atoms with Crippen LogP contribution in [0.2, 0.25) is 0 Å². The van der Waals surface area contributed by atoms with Crippen molar-refractivity contribution in [1.82, 2.24) is 9.97 Å². The van der Waals surface area contributed by atoms with E-state index in [1.165, 1.54) is 28.2 Å². The molecule has 0 saturated heterocycles. The highest BCUT2D eigenvalue weighted by molar-refractivity contribution is 7.18. The van der Waals surface area contributed by atoms with Gasteiger partial charge in [0.15, 0.2) is 11.2 Å². The summed E-state index contributed by atoms with van der Waals surface area (Å²) in [7, 11) is 0. The van der Waals surface area contributed by atoms with Crippen LogP contribution in [0.4, 0.5) is 5.13 Å². The Kier molecular flexibility index (Phi) is 5.42. The normalized spacial score (nSPS) is 13.4. The quantitative estimate of drug-likeness (QED) is 0.448. The number of hydrogen-bond donors (Lipinski definition) is 3. The number of amides is 1. The summed E-state index contributed by atoms with van der Waals surface area (Å²) < 4.78 is 0.882. The van der Waals surface area contributed by atoms with Crippen molar-refractivity contribution in [2.75, 3.05) is 5.32 Å². The molecular weight excluding hydrogens is 406 g/mol. The van der Waals surface area contributed by atoms with Gasteiger partial charge in [0.25, 0.3) is 5.91 Å². The van der Waals surface area contributed by atoms with E-state index in [0.29, 0.717) is 10.1 Å². The van der Waals surface area contributed by atoms with Crippen LogP contribution in [0.5, 0.6) is 0 Å². The summed E-state index contributed by atoms with van der Waals surface area (Å²) in [5.74, 6) is -0.724. The van der Waals surface area contributed by atoms with E-state index in [1.54, 1.807) is 0 Å². The van der Waals surface area contributed by atoms with Crippen molar-refractivity contribution >= 4 is 43.9 Å². The average molecular weight is 426 g/mol. The highest BCUT2D eigenvalue weighted by Gasteiger charge is 2.29. The van der Waals surface area contributed by atoms with Gasteiger partial charge in [-0.1, -0.05) is 35.9 Å². The maximum atomic E-state index is 12.4. The molecule has 2 heterocycles. The van der Waals surface area contributed by atoms with E-state index >= 15 is 0 Å². The SMILES string of the molecule is Cc1ccc(-c2csc(NC(=O)C(O)C(O)c3nc4ccccc4s3)n2)c(C)c1. The highest BCUT2D eigenvalue weighted by atomic mass is 32.1. The van der Waals surface area contributed by atoms with E-state index < -0.39 is 18.1 Å². The highest BCUT2D eigenvalue weighted by Crippen LogP contribution is 2.30. The number of anilines is 1. The summed E-state index contributed by atoms with van der Waals surface area (Å²) >= 11 is 2.51. The van der Waals surface area contributed by atoms with E-state index in [4.69, 9.17) is 0 Å². The summed E-state index contributed by atoms with van der Waals surface area (Å²) in [6.07, 6.45) is -3.06. The molecule has 0 radical (unpaired) electrons. The van der Waals surface area contributed by atoms with Crippen LogP contribution in [-0.2, 0) is 4.79 Å². The predicted molar refractivity (Wildman–Crippen MR) is 116 cm³/mol. The van der Waals surface area contributed by atoms with Gasteiger partial charge < -0.3 is 10.2 Å². The van der Waals surface area contributed by atoms with Gasteiger partial charge in [0.05, 0.1) is 15.9 Å². The molecule has 3 N–H and O–H groups in total. The number of aromatic nitrogens is 2. The number of aryl methyl sites for hydroxylation is 2. The first-order valence-electron chi connectivity index (χ1n) is 8.98. The fourth-order valence-electron chi connectivity index (χ4n) is 3.03. The number of hydrogen-bond acceptors (Lipinski definition) is 7. The number of para-hydroxylation sites is 1. The summed E-state index contributed by atoms with van der Waals surface area (Å²) in [6, 6.07) is 13.5. The first-order valence-corrected chi connectivity index (χ1v) is 10.7. The summed E-state index contributed by atoms with van der Waals surface area (Å²) in [4.78, 5) is 21.2. The van der Waals surface area contributed by atoms with Gasteiger partial charge >= 0.3 is 0 Å². The second-order valence-electron chi connectivity index (χ2n) is 6.76. The van der Waals surface area contributed by atoms with Crippen molar-refractivity contribution in [1.29, 1.82) is 0 Å². The third kappa shape index (κ3) is 4.06. The zero-order valence-electron chi connectivity index (χ0n) is 15.8. The molecule has 148 valence electrons. The van der Waals surface area contributed by atoms with Gasteiger partial charge in [-0.25, -0.2) is 9.97 Å². The Balaban J connectivity index is 1.48. The molecule has 0 spiro atoms. The van der Waals surface area contributed by atoms with Gasteiger partial charge in [0.2, 0.25) is 0 Å². The van der Waals surface area contributed by atoms with Gasteiger partial charge in [-0.3, -0.25) is 10.1 Å². The van der Waals surface area contributed by atoms with E-state index in [2.05, 4.69) is 21.4 Å². The van der Waals surface area contributed by atoms with E-state index in [-0.39, 0.29) is 0 Å². The lowest BCUT2D eigenvalue weighted by atomic mass is 10.0. The Bertz CT molecular complexity index is 1150. The minimum absolute atomic E-state index is 0.295. The Labute approximate surface area is 175 Å². The number of nitrogens with one attached hydrogen (secondary N) is 1. The number of carbonyl (C=O) groups excluding carboxylic acids is 1. The topological polar surface area (TPSA) is 95.3 Å². The molecule has 0 bridgehead atoms. The number of nitrogens with zero attached hydrogens (tertiary/aromatic N) is 2. The molecule has 0 aliphatic rings. The molecular formula is C21H19N3O3S2. The van der Waals surface area contributed by atoms with Crippen molar-refractivity contribution in [3.63, 3.8) is 0 Å². The van der Waals surface area contributed by atoms with E-state index in [1.807, 2.05) is 55.6 Å². The minimum Gasteiger partial charge on any atom is -0.383 e. The molecule has 0 saturated carbocycles. The number of thiazole rings is 2. The fraction of sp³-hybridized carbons (Fsp3) is 0.190. The van der Waals surface area contributed by atoms with Gasteiger partial charge in [-0.05, 0) is 31.5 Å². The molecule has 4 aromatic rings. The van der Waals surface area contributed by atoms with Crippen LogP contribution < -0.4 is 5.32 Å². The van der Waals surface area contributed by atoms with Crippen molar-refractivity contribution < 1.29 is 15.0 Å². The average Bonchev–Trinajstić information content (AvgIpc) is 3.33. The smallest absolute Gasteiger partial charge is 0.258 e. The maximum absolute atomic E-state index is 12.4. The third-order valence-corrected chi connectivity index (χ3v) is 6.39. The lowest BCUT2D eigenvalue weighted by Gasteiger charge is -2.14. The van der Waals surface area contributed by atoms with Crippen LogP contribution in [0.15, 0.2) is 47.8 Å². The standard InChI is InChI=1S/C21H19N3O3S2/c1-11-7-8-13(12(2)9-11)15-10-28-21(23-15)24-19(27)17(25)18(26)20-22-14-5-3-4-6-16(14)29-20/h3-10,17-18,25-26H,1-2H3,(H,23,24,27). The summed E-state index contributed by atoms with van der Waals surface area (Å²) in [5, 5.41) is 25.8. The number of rotatable bonds is 5. The Morgan fingerprint density at radius 3 is 2.66 bits per heavy atom. The second kappa shape index (κ2) is 8.00. The van der Waals surface area contributed by atoms with E-state index in [0.717, 1.165) is 27.0 Å². The van der Waals surface area contributed by atoms with Crippen LogP contribution in [0.3, 0.4) is 0 Å². The number of benzene rings is 2. The molecule has 0 fully saturated rings. The lowest BCUT2D eigenvalue weighted by Crippen LogP contribution is -2.33. The van der Waals surface area contributed by atoms with Crippen LogP contribution >= 0.6 is 22.7 Å². The molecule has 6 nitrogen and oxygen atoms in total. The number of aliphatic hydroxyl groups excluding tert-OH is 2. The Hall–Kier alpha value is -2.65. The number of aliphatic hydroxyl groups is 2. The molecule has 2 unspecified atom stereocenters. The van der Waals surface area contributed by atoms with Crippen molar-refractivity contribution in [2.24, 2.45) is 0 Å². The van der Waals surface area contributed by atoms with Crippen LogP contribution in [-0.4, -0.2) is 32.2 Å². The van der Waals surface area contributed by atoms with Crippen molar-refractivity contribution in [3.05, 3.63) is 64.0 Å². The summed E-state index contributed by atoms with van der Waals surface area (Å²) in [5.41, 5.74) is 4.73. The fourth-order valence-corrected chi connectivity index (χ4v) is 4.73. The number of carbonyl (C=O) groups is 1. The van der Waals surface area contributed by atoms with Gasteiger partial charge in [-0.15, -0.1) is 22.7 Å². The zero-order valence-corrected chi connectivity index (χ0v) is 17.4. The van der Waals surface area contributed by atoms with Crippen LogP contribution in [0, 0.1) is 13.8 Å². The predicted octanol–water partition coefficient (Wildman–Crippen LogP) is 4.07. The molecule has 2 aromatic heterocycles. The van der Waals surface area contributed by atoms with Crippen LogP contribution in [0.1, 0.15) is 22.2 Å². The monoisotopic (exact) mass is 425 g/mol. The third-order valence-electron chi connectivity index (χ3n) is 4.52. The Morgan fingerprint density at radius 1 is 1.10 bits per heavy atom.